The van der Waals surface area contributed by atoms with Gasteiger partial charge in [-0.05, 0) is 25.0 Å². The number of hydrogen-bond acceptors (Lipinski definition) is 3. The van der Waals surface area contributed by atoms with Crippen LogP contribution in [0.3, 0.4) is 0 Å². The van der Waals surface area contributed by atoms with Gasteiger partial charge in [-0.1, -0.05) is 12.1 Å². The van der Waals surface area contributed by atoms with Crippen LogP contribution in [0, 0.1) is 29.1 Å². The molecule has 2 aromatic carbocycles. The molecular weight excluding hydrogens is 383 g/mol. The van der Waals surface area contributed by atoms with E-state index in [-0.39, 0.29) is 23.9 Å². The van der Waals surface area contributed by atoms with E-state index in [1.165, 1.54) is 12.1 Å². The SMILES string of the molecule is O=C1c2ccccc2N[C@@H](c2c(F)c(F)c(F)c(F)c2F)N1C[C@H]1CCCO1. The number of rotatable bonds is 3. The maximum absolute atomic E-state index is 14.4. The molecule has 1 N–H and O–H groups in total. The van der Waals surface area contributed by atoms with E-state index in [0.29, 0.717) is 13.0 Å². The molecule has 2 aromatic rings. The fourth-order valence-corrected chi connectivity index (χ4v) is 3.58. The Balaban J connectivity index is 1.84. The summed E-state index contributed by atoms with van der Waals surface area (Å²) in [7, 11) is 0. The number of carbonyl (C=O) groups is 1. The molecule has 0 aliphatic carbocycles. The summed E-state index contributed by atoms with van der Waals surface area (Å²) < 4.78 is 75.4. The van der Waals surface area contributed by atoms with E-state index < -0.39 is 46.7 Å². The first-order valence-corrected chi connectivity index (χ1v) is 8.69. The minimum Gasteiger partial charge on any atom is -0.376 e. The first kappa shape index (κ1) is 18.7. The molecule has 0 spiro atoms. The summed E-state index contributed by atoms with van der Waals surface area (Å²) in [5.74, 6) is -10.9. The zero-order chi connectivity index (χ0) is 20.0. The van der Waals surface area contributed by atoms with Gasteiger partial charge in [0, 0.05) is 18.8 Å². The van der Waals surface area contributed by atoms with E-state index in [2.05, 4.69) is 5.32 Å². The Morgan fingerprint density at radius 2 is 1.64 bits per heavy atom. The highest BCUT2D eigenvalue weighted by atomic mass is 19.2. The highest BCUT2D eigenvalue weighted by Crippen LogP contribution is 2.37. The molecule has 0 unspecified atom stereocenters. The number of para-hydroxylation sites is 1. The summed E-state index contributed by atoms with van der Waals surface area (Å²) in [5.41, 5.74) is -0.622. The van der Waals surface area contributed by atoms with Crippen LogP contribution in [0.1, 0.15) is 34.9 Å². The van der Waals surface area contributed by atoms with Crippen LogP contribution >= 0.6 is 0 Å². The number of anilines is 1. The molecule has 1 fully saturated rings. The first-order valence-electron chi connectivity index (χ1n) is 8.69. The second-order valence-electron chi connectivity index (χ2n) is 6.67. The molecule has 1 amide bonds. The smallest absolute Gasteiger partial charge is 0.257 e. The van der Waals surface area contributed by atoms with Crippen LogP contribution in [-0.2, 0) is 4.74 Å². The maximum atomic E-state index is 14.4. The maximum Gasteiger partial charge on any atom is 0.257 e. The summed E-state index contributed by atoms with van der Waals surface area (Å²) in [6.07, 6.45) is -0.588. The van der Waals surface area contributed by atoms with E-state index in [9.17, 15) is 26.7 Å². The number of nitrogens with one attached hydrogen (secondary N) is 1. The summed E-state index contributed by atoms with van der Waals surface area (Å²) in [6, 6.07) is 6.21. The highest BCUT2D eigenvalue weighted by Gasteiger charge is 2.40. The van der Waals surface area contributed by atoms with Crippen LogP contribution in [0.5, 0.6) is 0 Å². The average Bonchev–Trinajstić information content (AvgIpc) is 3.21. The lowest BCUT2D eigenvalue weighted by atomic mass is 10.0. The van der Waals surface area contributed by atoms with Crippen molar-refractivity contribution in [2.24, 2.45) is 0 Å². The number of carbonyl (C=O) groups excluding carboxylic acids is 1. The van der Waals surface area contributed by atoms with Crippen molar-refractivity contribution in [3.63, 3.8) is 0 Å². The van der Waals surface area contributed by atoms with E-state index in [1.54, 1.807) is 12.1 Å². The normalized spacial score (nSPS) is 21.6. The number of nitrogens with zero attached hydrogens (tertiary/aromatic N) is 1. The van der Waals surface area contributed by atoms with Crippen molar-refractivity contribution >= 4 is 11.6 Å². The third-order valence-corrected chi connectivity index (χ3v) is 4.96. The third kappa shape index (κ3) is 2.90. The molecule has 4 nitrogen and oxygen atoms in total. The summed E-state index contributed by atoms with van der Waals surface area (Å²) in [4.78, 5) is 14.0. The van der Waals surface area contributed by atoms with Gasteiger partial charge in [-0.2, -0.15) is 0 Å². The molecule has 1 saturated heterocycles. The third-order valence-electron chi connectivity index (χ3n) is 4.96. The fraction of sp³-hybridized carbons (Fsp3) is 0.316. The molecule has 4 rings (SSSR count). The Labute approximate surface area is 156 Å². The molecule has 0 saturated carbocycles. The van der Waals surface area contributed by atoms with Gasteiger partial charge in [0.15, 0.2) is 23.3 Å². The van der Waals surface area contributed by atoms with Gasteiger partial charge < -0.3 is 15.0 Å². The molecule has 2 heterocycles. The minimum absolute atomic E-state index is 0.0513. The largest absolute Gasteiger partial charge is 0.376 e. The topological polar surface area (TPSA) is 41.6 Å². The molecule has 9 heteroatoms. The lowest BCUT2D eigenvalue weighted by molar-refractivity contribution is 0.0417. The second kappa shape index (κ2) is 7.05. The lowest BCUT2D eigenvalue weighted by Gasteiger charge is -2.39. The average molecular weight is 398 g/mol. The standard InChI is InChI=1S/C19H15F5N2O2/c20-13-12(14(21)16(23)17(24)15(13)22)18-25-11-6-2-1-5-10(11)19(27)26(18)8-9-4-3-7-28-9/h1-2,5-6,9,18,25H,3-4,7-8H2/t9-,18-/m1/s1. The molecular formula is C19H15F5N2O2. The fourth-order valence-electron chi connectivity index (χ4n) is 3.58. The Kier molecular flexibility index (Phi) is 4.70. The van der Waals surface area contributed by atoms with Gasteiger partial charge in [-0.25, -0.2) is 22.0 Å². The van der Waals surface area contributed by atoms with Crippen molar-refractivity contribution < 1.29 is 31.5 Å². The van der Waals surface area contributed by atoms with Crippen molar-refractivity contribution in [1.29, 1.82) is 0 Å². The van der Waals surface area contributed by atoms with Gasteiger partial charge in [-0.15, -0.1) is 0 Å². The summed E-state index contributed by atoms with van der Waals surface area (Å²) >= 11 is 0. The van der Waals surface area contributed by atoms with Gasteiger partial charge in [0.05, 0.1) is 17.2 Å². The number of fused-ring (bicyclic) bond motifs is 1. The Morgan fingerprint density at radius 1 is 1.00 bits per heavy atom. The van der Waals surface area contributed by atoms with Gasteiger partial charge in [0.25, 0.3) is 5.91 Å². The Hall–Kier alpha value is -2.68. The summed E-state index contributed by atoms with van der Waals surface area (Å²) in [5, 5.41) is 2.74. The van der Waals surface area contributed by atoms with Gasteiger partial charge in [0.2, 0.25) is 5.82 Å². The monoisotopic (exact) mass is 398 g/mol. The zero-order valence-corrected chi connectivity index (χ0v) is 14.4. The molecule has 0 bridgehead atoms. The van der Waals surface area contributed by atoms with E-state index in [4.69, 9.17) is 4.74 Å². The lowest BCUT2D eigenvalue weighted by Crippen LogP contribution is -2.47. The van der Waals surface area contributed by atoms with Crippen LogP contribution in [0.25, 0.3) is 0 Å². The van der Waals surface area contributed by atoms with E-state index >= 15 is 0 Å². The van der Waals surface area contributed by atoms with Crippen molar-refractivity contribution in [3.05, 3.63) is 64.5 Å². The van der Waals surface area contributed by atoms with Crippen LogP contribution in [-0.4, -0.2) is 30.1 Å². The molecule has 2 atom stereocenters. The number of halogens is 5. The molecule has 28 heavy (non-hydrogen) atoms. The molecule has 2 aliphatic heterocycles. The van der Waals surface area contributed by atoms with Crippen LogP contribution < -0.4 is 5.32 Å². The Bertz CT molecular complexity index is 917. The van der Waals surface area contributed by atoms with Crippen molar-refractivity contribution in [2.75, 3.05) is 18.5 Å². The van der Waals surface area contributed by atoms with Crippen molar-refractivity contribution in [1.82, 2.24) is 4.90 Å². The predicted octanol–water partition coefficient (Wildman–Crippen LogP) is 4.13. The molecule has 148 valence electrons. The summed E-state index contributed by atoms with van der Waals surface area (Å²) in [6.45, 7) is 0.425. The first-order chi connectivity index (χ1) is 13.4. The van der Waals surface area contributed by atoms with Crippen molar-refractivity contribution in [2.45, 2.75) is 25.1 Å². The molecule has 2 aliphatic rings. The molecule has 0 radical (unpaired) electrons. The quantitative estimate of drug-likeness (QED) is 0.480. The molecule has 0 aromatic heterocycles. The van der Waals surface area contributed by atoms with E-state index in [0.717, 1.165) is 11.3 Å². The van der Waals surface area contributed by atoms with Crippen LogP contribution in [0.15, 0.2) is 24.3 Å². The van der Waals surface area contributed by atoms with Gasteiger partial charge in [0.1, 0.15) is 6.17 Å². The zero-order valence-electron chi connectivity index (χ0n) is 14.4. The van der Waals surface area contributed by atoms with Gasteiger partial charge in [-0.3, -0.25) is 4.79 Å². The minimum atomic E-state index is -2.24. The van der Waals surface area contributed by atoms with Crippen LogP contribution in [0.4, 0.5) is 27.6 Å². The van der Waals surface area contributed by atoms with Gasteiger partial charge >= 0.3 is 0 Å². The number of ether oxygens (including phenoxy) is 1. The van der Waals surface area contributed by atoms with Crippen LogP contribution in [0.2, 0.25) is 0 Å². The predicted molar refractivity (Wildman–Crippen MR) is 89.0 cm³/mol. The number of hydrogen-bond donors (Lipinski definition) is 1. The highest BCUT2D eigenvalue weighted by molar-refractivity contribution is 6.01. The second-order valence-corrected chi connectivity index (χ2v) is 6.67. The Morgan fingerprint density at radius 3 is 2.29 bits per heavy atom. The van der Waals surface area contributed by atoms with E-state index in [1.807, 2.05) is 0 Å². The van der Waals surface area contributed by atoms with Crippen molar-refractivity contribution in [3.8, 4) is 0 Å². The number of amides is 1. The number of benzene rings is 2.